The molecule has 5 fully saturated rings. The fourth-order valence-electron chi connectivity index (χ4n) is 13.8. The van der Waals surface area contributed by atoms with E-state index in [2.05, 4.69) is 67.8 Å². The molecule has 77 heavy (non-hydrogen) atoms. The van der Waals surface area contributed by atoms with Gasteiger partial charge in [0.05, 0.1) is 38.7 Å². The number of likely N-dealkylation sites (tertiary alicyclic amines) is 2. The molecule has 2 bridgehead atoms. The Morgan fingerprint density at radius 2 is 1.77 bits per heavy atom. The summed E-state index contributed by atoms with van der Waals surface area (Å²) in [6.45, 7) is 15.7. The van der Waals surface area contributed by atoms with Gasteiger partial charge in [0, 0.05) is 67.6 Å². The van der Waals surface area contributed by atoms with Crippen molar-refractivity contribution in [3.63, 3.8) is 0 Å². The number of piperidine rings is 1. The normalized spacial score (nSPS) is 22.6. The number of aryl methyl sites for hydroxylation is 1. The quantitative estimate of drug-likeness (QED) is 0.0935. The topological polar surface area (TPSA) is 184 Å². The Balaban J connectivity index is 0.621. The highest BCUT2D eigenvalue weighted by Crippen LogP contribution is 2.51. The summed E-state index contributed by atoms with van der Waals surface area (Å²) in [5.41, 5.74) is 10.1. The van der Waals surface area contributed by atoms with Crippen LogP contribution >= 0.6 is 11.3 Å². The molecular weight excluding hydrogens is 989 g/mol. The fourth-order valence-corrected chi connectivity index (χ4v) is 14.6. The molecule has 3 unspecified atom stereocenters. The molecule has 1 saturated carbocycles. The zero-order chi connectivity index (χ0) is 52.7. The molecule has 7 aromatic rings. The van der Waals surface area contributed by atoms with Crippen LogP contribution in [0.4, 0.5) is 5.82 Å². The van der Waals surface area contributed by atoms with Crippen molar-refractivity contribution in [3.8, 4) is 39.3 Å². The van der Waals surface area contributed by atoms with Gasteiger partial charge in [-0.2, -0.15) is 9.97 Å². The zero-order valence-electron chi connectivity index (χ0n) is 44.6. The van der Waals surface area contributed by atoms with Gasteiger partial charge < -0.3 is 39.5 Å². The minimum Gasteiger partial charge on any atom is -0.508 e. The Bertz CT molecular complexity index is 3370. The second kappa shape index (κ2) is 20.0. The SMILES string of the molecule is Cc1ncsc1-c1ccc([C@H](C)NC(=O)[C@@H]2CCCN2C(=O)[C@H](c2cc(OC3CC4(CCN(CCOc5nc(N6CC7CCC(C6)N7)c6cnc7c(c6n5)C(C)c5cccc6cc(O)cc-7c56)CC4)C3)no2)C(C)C)cc1. The predicted octanol–water partition coefficient (Wildman–Crippen LogP) is 9.69. The number of phenolic OH excluding ortho intramolecular Hbond substituents is 1. The van der Waals surface area contributed by atoms with Crippen LogP contribution in [0.3, 0.4) is 0 Å². The number of benzene rings is 3. The molecule has 2 amide bonds. The second-order valence-electron chi connectivity index (χ2n) is 23.3. The maximum atomic E-state index is 14.4. The van der Waals surface area contributed by atoms with E-state index < -0.39 is 12.0 Å². The average molecular weight is 1060 g/mol. The standard InChI is InChI=1S/C60H68N10O6S/c1-33(2)50(58(73)70-19-7-10-47(70)57(72)63-35(4)37-11-13-38(14-12-37)55-36(5)62-32-77-55)48-26-49(67-76-48)75-43-27-60(28-43)17-20-68(21-18-60)22-23-74-59-65-54-46(56(66-59)69-30-40-15-16-41(31-69)64-40)29-61-53-45-25-42(71)24-39-8-6-9-44(52(39)45)34(3)51(53)54/h6,8-9,11-14,24-26,29,32-35,40-41,43,47,50,64,71H,7,10,15-23,27-28,30-31H2,1-5H3,(H,63,72)/t34?,35-,40?,41?,47-,50-/m0/s1. The smallest absolute Gasteiger partial charge is 0.319 e. The number of carbonyl (C=O) groups is 2. The second-order valence-corrected chi connectivity index (χ2v) is 24.1. The summed E-state index contributed by atoms with van der Waals surface area (Å²) in [5, 5.41) is 25.2. The highest BCUT2D eigenvalue weighted by atomic mass is 32.1. The van der Waals surface area contributed by atoms with Crippen LogP contribution in [0.2, 0.25) is 0 Å². The molecule has 16 nitrogen and oxygen atoms in total. The Hall–Kier alpha value is -6.69. The van der Waals surface area contributed by atoms with E-state index in [0.717, 1.165) is 144 Å². The Morgan fingerprint density at radius 3 is 2.52 bits per heavy atom. The van der Waals surface area contributed by atoms with Crippen molar-refractivity contribution in [1.29, 1.82) is 0 Å². The molecule has 4 aliphatic heterocycles. The van der Waals surface area contributed by atoms with Gasteiger partial charge >= 0.3 is 6.01 Å². The predicted molar refractivity (Wildman–Crippen MR) is 297 cm³/mol. The number of nitrogens with one attached hydrogen (secondary N) is 2. The van der Waals surface area contributed by atoms with Crippen molar-refractivity contribution in [2.45, 2.75) is 128 Å². The minimum atomic E-state index is -0.594. The highest BCUT2D eigenvalue weighted by Gasteiger charge is 2.48. The van der Waals surface area contributed by atoms with Crippen LogP contribution in [0, 0.1) is 18.3 Å². The van der Waals surface area contributed by atoms with E-state index >= 15 is 0 Å². The molecule has 3 N–H and O–H groups in total. The van der Waals surface area contributed by atoms with Crippen molar-refractivity contribution in [3.05, 3.63) is 101 Å². The average Bonchev–Trinajstić information content (AvgIpc) is 4.40. The van der Waals surface area contributed by atoms with Crippen molar-refractivity contribution in [1.82, 2.24) is 45.5 Å². The van der Waals surface area contributed by atoms with Gasteiger partial charge in [-0.25, -0.2) is 4.98 Å². The number of aromatic hydroxyl groups is 1. The van der Waals surface area contributed by atoms with Gasteiger partial charge in [-0.15, -0.1) is 11.3 Å². The van der Waals surface area contributed by atoms with Crippen molar-refractivity contribution in [2.75, 3.05) is 50.8 Å². The number of hydrogen-bond acceptors (Lipinski definition) is 15. The van der Waals surface area contributed by atoms with Gasteiger partial charge in [-0.1, -0.05) is 63.2 Å². The molecule has 2 aliphatic carbocycles. The summed E-state index contributed by atoms with van der Waals surface area (Å²) in [4.78, 5) is 55.8. The van der Waals surface area contributed by atoms with Crippen LogP contribution in [0.1, 0.15) is 125 Å². The number of aromatic nitrogens is 5. The first-order chi connectivity index (χ1) is 37.3. The molecule has 1 spiro atoms. The van der Waals surface area contributed by atoms with Crippen LogP contribution in [-0.4, -0.2) is 122 Å². The van der Waals surface area contributed by atoms with Crippen LogP contribution in [0.5, 0.6) is 17.6 Å². The number of piperazine rings is 1. The first kappa shape index (κ1) is 49.9. The number of pyridine rings is 1. The highest BCUT2D eigenvalue weighted by molar-refractivity contribution is 7.13. The molecule has 6 aliphatic rings. The number of thiazole rings is 1. The minimum absolute atomic E-state index is 0.0245. The first-order valence-corrected chi connectivity index (χ1v) is 28.8. The lowest BCUT2D eigenvalue weighted by Crippen LogP contribution is -2.51. The lowest BCUT2D eigenvalue weighted by Gasteiger charge is -2.51. The molecule has 4 aromatic heterocycles. The molecule has 13 rings (SSSR count). The van der Waals surface area contributed by atoms with Gasteiger partial charge in [0.25, 0.3) is 5.88 Å². The number of anilines is 1. The Kier molecular flexibility index (Phi) is 12.9. The van der Waals surface area contributed by atoms with E-state index in [4.69, 9.17) is 28.9 Å². The van der Waals surface area contributed by atoms with E-state index in [9.17, 15) is 14.7 Å². The summed E-state index contributed by atoms with van der Waals surface area (Å²) in [6, 6.07) is 20.5. The summed E-state index contributed by atoms with van der Waals surface area (Å²) in [6.07, 6.45) is 9.70. The summed E-state index contributed by atoms with van der Waals surface area (Å²) < 4.78 is 18.9. The van der Waals surface area contributed by atoms with Crippen LogP contribution in [-0.2, 0) is 9.59 Å². The molecule has 17 heteroatoms. The van der Waals surface area contributed by atoms with Gasteiger partial charge in [0.1, 0.15) is 36.2 Å². The summed E-state index contributed by atoms with van der Waals surface area (Å²) in [5.74, 6) is 1.06. The third kappa shape index (κ3) is 9.24. The number of hydrogen-bond donors (Lipinski definition) is 3. The molecule has 8 heterocycles. The number of amides is 2. The Labute approximate surface area is 453 Å². The number of ether oxygens (including phenoxy) is 2. The molecule has 6 atom stereocenters. The van der Waals surface area contributed by atoms with Gasteiger partial charge in [-0.05, 0) is 134 Å². The van der Waals surface area contributed by atoms with Crippen molar-refractivity contribution < 1.29 is 28.7 Å². The third-order valence-electron chi connectivity index (χ3n) is 17.9. The van der Waals surface area contributed by atoms with E-state index in [1.54, 1.807) is 22.3 Å². The van der Waals surface area contributed by atoms with E-state index in [-0.39, 0.29) is 47.0 Å². The lowest BCUT2D eigenvalue weighted by molar-refractivity contribution is -0.141. The lowest BCUT2D eigenvalue weighted by atomic mass is 9.61. The summed E-state index contributed by atoms with van der Waals surface area (Å²) >= 11 is 1.62. The monoisotopic (exact) mass is 1060 g/mol. The molecule has 0 radical (unpaired) electrons. The number of carbonyl (C=O) groups excluding carboxylic acids is 2. The Morgan fingerprint density at radius 1 is 0.974 bits per heavy atom. The molecular formula is C60H68N10O6S. The fraction of sp³-hybridized carbons (Fsp3) is 0.483. The molecule has 400 valence electrons. The number of rotatable bonds is 14. The molecule has 3 aromatic carbocycles. The maximum absolute atomic E-state index is 14.4. The zero-order valence-corrected chi connectivity index (χ0v) is 45.4. The van der Waals surface area contributed by atoms with Crippen LogP contribution < -0.4 is 25.0 Å². The van der Waals surface area contributed by atoms with E-state index in [1.807, 2.05) is 63.7 Å². The number of phenols is 1. The first-order valence-electron chi connectivity index (χ1n) is 27.9. The molecule has 4 saturated heterocycles. The third-order valence-corrected chi connectivity index (χ3v) is 18.9. The van der Waals surface area contributed by atoms with Crippen molar-refractivity contribution >= 4 is 50.6 Å². The summed E-state index contributed by atoms with van der Waals surface area (Å²) in [7, 11) is 0. The van der Waals surface area contributed by atoms with E-state index in [1.165, 1.54) is 5.56 Å². The maximum Gasteiger partial charge on any atom is 0.319 e. The van der Waals surface area contributed by atoms with Crippen LogP contribution in [0.25, 0.3) is 43.4 Å². The van der Waals surface area contributed by atoms with Gasteiger partial charge in [0.2, 0.25) is 11.8 Å². The van der Waals surface area contributed by atoms with Crippen LogP contribution in [0.15, 0.2) is 76.9 Å². The van der Waals surface area contributed by atoms with Gasteiger partial charge in [0.15, 0.2) is 5.76 Å². The van der Waals surface area contributed by atoms with Gasteiger partial charge in [-0.3, -0.25) is 19.5 Å². The number of nitrogens with zero attached hydrogens (tertiary/aromatic N) is 8. The largest absolute Gasteiger partial charge is 0.508 e. The van der Waals surface area contributed by atoms with Crippen molar-refractivity contribution in [2.24, 2.45) is 11.3 Å². The van der Waals surface area contributed by atoms with E-state index in [0.29, 0.717) is 49.3 Å². The number of fused-ring (bicyclic) bond motifs is 6.